The van der Waals surface area contributed by atoms with Crippen molar-refractivity contribution >= 4 is 6.29 Å². The number of hydrogen-bond acceptors (Lipinski definition) is 3. The molecule has 64 valence electrons. The van der Waals surface area contributed by atoms with Crippen molar-refractivity contribution in [1.82, 2.24) is 0 Å². The maximum atomic E-state index is 10.2. The van der Waals surface area contributed by atoms with Crippen molar-refractivity contribution in [2.24, 2.45) is 5.92 Å². The number of carbonyl (C=O) groups excluding carboxylic acids is 1. The van der Waals surface area contributed by atoms with Gasteiger partial charge in [0.2, 0.25) is 6.29 Å². The van der Waals surface area contributed by atoms with Gasteiger partial charge in [-0.15, -0.1) is 0 Å². The summed E-state index contributed by atoms with van der Waals surface area (Å²) in [6.07, 6.45) is 1.24. The summed E-state index contributed by atoms with van der Waals surface area (Å²) in [4.78, 5) is 10.2. The van der Waals surface area contributed by atoms with E-state index in [1.54, 1.807) is 0 Å². The van der Waals surface area contributed by atoms with Gasteiger partial charge in [0.25, 0.3) is 0 Å². The van der Waals surface area contributed by atoms with Crippen LogP contribution in [0.2, 0.25) is 0 Å². The lowest BCUT2D eigenvalue weighted by Crippen LogP contribution is -2.20. The van der Waals surface area contributed by atoms with Crippen LogP contribution in [-0.2, 0) is 14.3 Å². The van der Waals surface area contributed by atoms with E-state index >= 15 is 0 Å². The summed E-state index contributed by atoms with van der Waals surface area (Å²) in [5.74, 6) is 0.472. The number of carbonyl (C=O) groups is 1. The first kappa shape index (κ1) is 8.68. The fourth-order valence-corrected chi connectivity index (χ4v) is 1.07. The molecule has 3 heteroatoms. The van der Waals surface area contributed by atoms with Crippen LogP contribution in [0.5, 0.6) is 0 Å². The van der Waals surface area contributed by atoms with Gasteiger partial charge in [-0.05, 0) is 5.92 Å². The van der Waals surface area contributed by atoms with E-state index in [-0.39, 0.29) is 6.10 Å². The number of aldehydes is 1. The molecule has 3 atom stereocenters. The molecule has 3 nitrogen and oxygen atoms in total. The van der Waals surface area contributed by atoms with Gasteiger partial charge in [-0.1, -0.05) is 20.3 Å². The van der Waals surface area contributed by atoms with E-state index in [2.05, 4.69) is 13.8 Å². The van der Waals surface area contributed by atoms with Crippen molar-refractivity contribution in [3.8, 4) is 0 Å². The molecule has 0 aromatic carbocycles. The van der Waals surface area contributed by atoms with E-state index in [1.165, 1.54) is 0 Å². The summed E-state index contributed by atoms with van der Waals surface area (Å²) < 4.78 is 10.3. The van der Waals surface area contributed by atoms with Crippen LogP contribution in [0.3, 0.4) is 0 Å². The van der Waals surface area contributed by atoms with Crippen LogP contribution in [-0.4, -0.2) is 25.3 Å². The average Bonchev–Trinajstić information content (AvgIpc) is 2.50. The molecule has 0 bridgehead atoms. The summed E-state index contributed by atoms with van der Waals surface area (Å²) in [5, 5.41) is 0. The van der Waals surface area contributed by atoms with Crippen molar-refractivity contribution in [2.75, 3.05) is 6.61 Å². The molecule has 1 aliphatic heterocycles. The minimum atomic E-state index is -0.617. The summed E-state index contributed by atoms with van der Waals surface area (Å²) in [6.45, 7) is 4.75. The highest BCUT2D eigenvalue weighted by Gasteiger charge is 2.28. The highest BCUT2D eigenvalue weighted by molar-refractivity contribution is 5.54. The molecule has 1 rings (SSSR count). The molecule has 1 saturated heterocycles. The fourth-order valence-electron chi connectivity index (χ4n) is 1.07. The first-order chi connectivity index (χ1) is 5.27. The van der Waals surface area contributed by atoms with E-state index in [4.69, 9.17) is 9.47 Å². The minimum absolute atomic E-state index is 0.107. The molecule has 1 aliphatic rings. The van der Waals surface area contributed by atoms with Crippen molar-refractivity contribution < 1.29 is 14.3 Å². The first-order valence-corrected chi connectivity index (χ1v) is 4.00. The molecule has 11 heavy (non-hydrogen) atoms. The molecule has 0 aromatic rings. The first-order valence-electron chi connectivity index (χ1n) is 4.00. The zero-order valence-electron chi connectivity index (χ0n) is 6.95. The van der Waals surface area contributed by atoms with E-state index in [0.717, 1.165) is 6.42 Å². The Morgan fingerprint density at radius 1 is 1.73 bits per heavy atom. The third-order valence-electron chi connectivity index (χ3n) is 2.12. The van der Waals surface area contributed by atoms with Crippen molar-refractivity contribution in [2.45, 2.75) is 32.7 Å². The zero-order valence-corrected chi connectivity index (χ0v) is 6.95. The lowest BCUT2D eigenvalue weighted by atomic mass is 10.0. The molecule has 0 N–H and O–H groups in total. The topological polar surface area (TPSA) is 35.5 Å². The molecule has 0 amide bonds. The van der Waals surface area contributed by atoms with Gasteiger partial charge in [0.05, 0.1) is 12.7 Å². The molecule has 0 aromatic heterocycles. The lowest BCUT2D eigenvalue weighted by Gasteiger charge is -2.14. The predicted molar refractivity (Wildman–Crippen MR) is 40.1 cm³/mol. The SMILES string of the molecule is CCC(C)C1COC(C=O)O1. The Labute approximate surface area is 66.7 Å². The van der Waals surface area contributed by atoms with E-state index in [9.17, 15) is 4.79 Å². The molecule has 1 fully saturated rings. The monoisotopic (exact) mass is 158 g/mol. The number of hydrogen-bond donors (Lipinski definition) is 0. The van der Waals surface area contributed by atoms with E-state index < -0.39 is 6.29 Å². The zero-order chi connectivity index (χ0) is 8.27. The van der Waals surface area contributed by atoms with Gasteiger partial charge in [0.15, 0.2) is 6.29 Å². The maximum Gasteiger partial charge on any atom is 0.215 e. The van der Waals surface area contributed by atoms with Crippen LogP contribution in [0.4, 0.5) is 0 Å². The molecule has 1 heterocycles. The Morgan fingerprint density at radius 2 is 2.45 bits per heavy atom. The second kappa shape index (κ2) is 3.83. The largest absolute Gasteiger partial charge is 0.343 e. The van der Waals surface area contributed by atoms with Crippen molar-refractivity contribution in [3.05, 3.63) is 0 Å². The predicted octanol–water partition coefficient (Wildman–Crippen LogP) is 0.973. The van der Waals surface area contributed by atoms with Gasteiger partial charge in [-0.2, -0.15) is 0 Å². The standard InChI is InChI=1S/C8H14O3/c1-3-6(2)7-5-10-8(4-9)11-7/h4,6-8H,3,5H2,1-2H3. The lowest BCUT2D eigenvalue weighted by molar-refractivity contribution is -0.134. The van der Waals surface area contributed by atoms with Gasteiger partial charge in [0, 0.05) is 0 Å². The summed E-state index contributed by atoms with van der Waals surface area (Å²) >= 11 is 0. The summed E-state index contributed by atoms with van der Waals surface area (Å²) in [5.41, 5.74) is 0. The maximum absolute atomic E-state index is 10.2. The average molecular weight is 158 g/mol. The Balaban J connectivity index is 2.34. The highest BCUT2D eigenvalue weighted by Crippen LogP contribution is 2.19. The third-order valence-corrected chi connectivity index (χ3v) is 2.12. The smallest absolute Gasteiger partial charge is 0.215 e. The Morgan fingerprint density at radius 3 is 2.91 bits per heavy atom. The van der Waals surface area contributed by atoms with Gasteiger partial charge in [0.1, 0.15) is 0 Å². The Bertz CT molecular complexity index is 135. The second-order valence-electron chi connectivity index (χ2n) is 2.90. The van der Waals surface area contributed by atoms with Crippen molar-refractivity contribution in [1.29, 1.82) is 0 Å². The molecule has 0 spiro atoms. The summed E-state index contributed by atoms with van der Waals surface area (Å²) in [7, 11) is 0. The van der Waals surface area contributed by atoms with Gasteiger partial charge in [-0.3, -0.25) is 4.79 Å². The Kier molecular flexibility index (Phi) is 3.02. The molecule has 0 radical (unpaired) electrons. The Hall–Kier alpha value is -0.410. The molecular weight excluding hydrogens is 144 g/mol. The molecule has 3 unspecified atom stereocenters. The van der Waals surface area contributed by atoms with Gasteiger partial charge in [-0.25, -0.2) is 0 Å². The van der Waals surface area contributed by atoms with Gasteiger partial charge >= 0.3 is 0 Å². The van der Waals surface area contributed by atoms with Crippen molar-refractivity contribution in [3.63, 3.8) is 0 Å². The number of rotatable bonds is 3. The molecular formula is C8H14O3. The normalized spacial score (nSPS) is 33.6. The van der Waals surface area contributed by atoms with E-state index in [1.807, 2.05) is 0 Å². The number of ether oxygens (including phenoxy) is 2. The van der Waals surface area contributed by atoms with Crippen LogP contribution in [0.15, 0.2) is 0 Å². The fraction of sp³-hybridized carbons (Fsp3) is 0.875. The van der Waals surface area contributed by atoms with Crippen LogP contribution in [0.1, 0.15) is 20.3 Å². The summed E-state index contributed by atoms with van der Waals surface area (Å²) in [6, 6.07) is 0. The molecule has 0 saturated carbocycles. The quantitative estimate of drug-likeness (QED) is 0.574. The van der Waals surface area contributed by atoms with Crippen LogP contribution in [0, 0.1) is 5.92 Å². The van der Waals surface area contributed by atoms with Crippen LogP contribution >= 0.6 is 0 Å². The van der Waals surface area contributed by atoms with Crippen LogP contribution < -0.4 is 0 Å². The highest BCUT2D eigenvalue weighted by atomic mass is 16.7. The third kappa shape index (κ3) is 2.01. The second-order valence-corrected chi connectivity index (χ2v) is 2.90. The van der Waals surface area contributed by atoms with Gasteiger partial charge < -0.3 is 9.47 Å². The van der Waals surface area contributed by atoms with Crippen LogP contribution in [0.25, 0.3) is 0 Å². The molecule has 0 aliphatic carbocycles. The minimum Gasteiger partial charge on any atom is -0.343 e. The van der Waals surface area contributed by atoms with E-state index in [0.29, 0.717) is 18.8 Å².